The molecule has 144 valence electrons. The van der Waals surface area contributed by atoms with E-state index < -0.39 is 0 Å². The van der Waals surface area contributed by atoms with Gasteiger partial charge in [-0.15, -0.1) is 11.3 Å². The van der Waals surface area contributed by atoms with Crippen LogP contribution in [-0.4, -0.2) is 34.2 Å². The first-order valence-electron chi connectivity index (χ1n) is 9.32. The number of amides is 2. The molecule has 0 aliphatic heterocycles. The maximum absolute atomic E-state index is 13.2. The Labute approximate surface area is 163 Å². The molecule has 4 nitrogen and oxygen atoms in total. The van der Waals surface area contributed by atoms with Gasteiger partial charge in [0.25, 0.3) is 0 Å². The molecule has 0 spiro atoms. The van der Waals surface area contributed by atoms with Gasteiger partial charge in [-0.05, 0) is 54.5 Å². The highest BCUT2D eigenvalue weighted by molar-refractivity contribution is 7.10. The number of carbonyl (C=O) groups is 2. The topological polar surface area (TPSA) is 40.6 Å². The van der Waals surface area contributed by atoms with E-state index in [4.69, 9.17) is 0 Å². The summed E-state index contributed by atoms with van der Waals surface area (Å²) in [5.74, 6) is -0.333. The number of carbonyl (C=O) groups excluding carboxylic acids is 2. The third-order valence-corrected chi connectivity index (χ3v) is 5.87. The Morgan fingerprint density at radius 2 is 1.81 bits per heavy atom. The highest BCUT2D eigenvalue weighted by Crippen LogP contribution is 2.28. The fourth-order valence-corrected chi connectivity index (χ4v) is 3.96. The Bertz CT molecular complexity index is 799. The molecular weight excluding hydrogens is 363 g/mol. The van der Waals surface area contributed by atoms with Crippen LogP contribution in [-0.2, 0) is 22.7 Å². The summed E-state index contributed by atoms with van der Waals surface area (Å²) in [4.78, 5) is 29.9. The molecule has 0 N–H and O–H groups in total. The number of halogens is 1. The van der Waals surface area contributed by atoms with Gasteiger partial charge in [0, 0.05) is 23.9 Å². The lowest BCUT2D eigenvalue weighted by atomic mass is 10.2. The largest absolute Gasteiger partial charge is 0.332 e. The number of aryl methyl sites for hydroxylation is 1. The van der Waals surface area contributed by atoms with Crippen molar-refractivity contribution >= 4 is 23.2 Å². The van der Waals surface area contributed by atoms with Gasteiger partial charge in [-0.1, -0.05) is 19.1 Å². The van der Waals surface area contributed by atoms with E-state index in [0.717, 1.165) is 28.8 Å². The fourth-order valence-electron chi connectivity index (χ4n) is 3.04. The molecule has 6 heteroatoms. The van der Waals surface area contributed by atoms with Crippen molar-refractivity contribution in [1.29, 1.82) is 0 Å². The molecule has 2 amide bonds. The first-order valence-corrected chi connectivity index (χ1v) is 10.2. The molecule has 1 aliphatic carbocycles. The van der Waals surface area contributed by atoms with Crippen LogP contribution in [0.25, 0.3) is 0 Å². The second kappa shape index (κ2) is 8.65. The van der Waals surface area contributed by atoms with Crippen LogP contribution in [0.15, 0.2) is 35.7 Å². The van der Waals surface area contributed by atoms with E-state index in [-0.39, 0.29) is 30.2 Å². The average Bonchev–Trinajstić information content (AvgIpc) is 3.43. The minimum absolute atomic E-state index is 0.0277. The molecule has 2 aromatic rings. The van der Waals surface area contributed by atoms with Gasteiger partial charge < -0.3 is 9.80 Å². The van der Waals surface area contributed by atoms with Gasteiger partial charge >= 0.3 is 0 Å². The number of hydrogen-bond donors (Lipinski definition) is 0. The van der Waals surface area contributed by atoms with Crippen molar-refractivity contribution in [3.05, 3.63) is 57.5 Å². The van der Waals surface area contributed by atoms with Gasteiger partial charge in [0.05, 0.1) is 6.54 Å². The maximum atomic E-state index is 13.2. The van der Waals surface area contributed by atoms with Crippen molar-refractivity contribution in [3.8, 4) is 0 Å². The summed E-state index contributed by atoms with van der Waals surface area (Å²) in [5, 5.41) is 2.02. The van der Waals surface area contributed by atoms with Gasteiger partial charge in [-0.3, -0.25) is 9.59 Å². The first kappa shape index (κ1) is 19.5. The normalized spacial score (nSPS) is 13.4. The van der Waals surface area contributed by atoms with E-state index in [9.17, 15) is 14.0 Å². The number of hydrogen-bond acceptors (Lipinski definition) is 3. The molecule has 0 unspecified atom stereocenters. The van der Waals surface area contributed by atoms with Crippen LogP contribution in [0.2, 0.25) is 0 Å². The molecule has 0 bridgehead atoms. The summed E-state index contributed by atoms with van der Waals surface area (Å²) in [6, 6.07) is 8.46. The Hall–Kier alpha value is -2.21. The molecule has 1 aliphatic rings. The Kier molecular flexibility index (Phi) is 6.26. The zero-order valence-electron chi connectivity index (χ0n) is 15.8. The van der Waals surface area contributed by atoms with Crippen molar-refractivity contribution in [2.45, 2.75) is 52.2 Å². The molecule has 1 aromatic heterocycles. The lowest BCUT2D eigenvalue weighted by Gasteiger charge is -2.28. The predicted octanol–water partition coefficient (Wildman–Crippen LogP) is 4.13. The van der Waals surface area contributed by atoms with E-state index in [1.54, 1.807) is 33.3 Å². The van der Waals surface area contributed by atoms with Gasteiger partial charge in [0.1, 0.15) is 12.4 Å². The Morgan fingerprint density at radius 3 is 2.37 bits per heavy atom. The summed E-state index contributed by atoms with van der Waals surface area (Å²) >= 11 is 1.62. The Morgan fingerprint density at radius 1 is 1.11 bits per heavy atom. The van der Waals surface area contributed by atoms with Crippen LogP contribution < -0.4 is 0 Å². The van der Waals surface area contributed by atoms with Crippen molar-refractivity contribution < 1.29 is 14.0 Å². The van der Waals surface area contributed by atoms with Crippen LogP contribution >= 0.6 is 11.3 Å². The molecule has 27 heavy (non-hydrogen) atoms. The van der Waals surface area contributed by atoms with E-state index >= 15 is 0 Å². The van der Waals surface area contributed by atoms with E-state index in [2.05, 4.69) is 0 Å². The van der Waals surface area contributed by atoms with Crippen molar-refractivity contribution in [2.75, 3.05) is 6.54 Å². The molecule has 1 saturated carbocycles. The smallest absolute Gasteiger partial charge is 0.242 e. The quantitative estimate of drug-likeness (QED) is 0.682. The second-order valence-corrected chi connectivity index (χ2v) is 8.01. The van der Waals surface area contributed by atoms with Crippen LogP contribution in [0.4, 0.5) is 4.39 Å². The minimum atomic E-state index is -0.292. The highest BCUT2D eigenvalue weighted by atomic mass is 32.1. The lowest BCUT2D eigenvalue weighted by molar-refractivity contribution is -0.141. The molecule has 1 fully saturated rings. The summed E-state index contributed by atoms with van der Waals surface area (Å²) in [7, 11) is 0. The third-order valence-electron chi connectivity index (χ3n) is 4.86. The summed E-state index contributed by atoms with van der Waals surface area (Å²) in [6.45, 7) is 4.87. The Balaban J connectivity index is 1.76. The monoisotopic (exact) mass is 388 g/mol. The van der Waals surface area contributed by atoms with Gasteiger partial charge in [-0.25, -0.2) is 4.39 Å². The summed E-state index contributed by atoms with van der Waals surface area (Å²) < 4.78 is 13.2. The average molecular weight is 389 g/mol. The molecule has 1 aromatic carbocycles. The van der Waals surface area contributed by atoms with Crippen molar-refractivity contribution in [2.24, 2.45) is 0 Å². The van der Waals surface area contributed by atoms with Crippen LogP contribution in [0.1, 0.15) is 42.2 Å². The maximum Gasteiger partial charge on any atom is 0.242 e. The van der Waals surface area contributed by atoms with Crippen LogP contribution in [0.5, 0.6) is 0 Å². The number of nitrogens with zero attached hydrogens (tertiary/aromatic N) is 2. The number of benzene rings is 1. The summed E-state index contributed by atoms with van der Waals surface area (Å²) in [5.41, 5.74) is 2.03. The number of thiophene rings is 1. The first-order chi connectivity index (χ1) is 13.0. The second-order valence-electron chi connectivity index (χ2n) is 7.01. The highest BCUT2D eigenvalue weighted by Gasteiger charge is 2.34. The van der Waals surface area contributed by atoms with Crippen molar-refractivity contribution in [3.63, 3.8) is 0 Å². The zero-order chi connectivity index (χ0) is 19.4. The third kappa shape index (κ3) is 5.16. The molecule has 1 heterocycles. The molecule has 0 atom stereocenters. The van der Waals surface area contributed by atoms with Gasteiger partial charge in [0.15, 0.2) is 0 Å². The van der Waals surface area contributed by atoms with Crippen LogP contribution in [0, 0.1) is 12.7 Å². The number of rotatable bonds is 8. The standard InChI is InChI=1S/C21H25FN2O2S/c1-3-20(25)24(18-8-9-18)14-21(26)23(13-19-15(2)10-11-27-19)12-16-4-6-17(22)7-5-16/h4-7,10-11,18H,3,8-9,12-14H2,1-2H3. The minimum Gasteiger partial charge on any atom is -0.332 e. The molecule has 0 saturated heterocycles. The van der Waals surface area contributed by atoms with E-state index in [1.807, 2.05) is 25.3 Å². The van der Waals surface area contributed by atoms with E-state index in [0.29, 0.717) is 19.5 Å². The van der Waals surface area contributed by atoms with Crippen molar-refractivity contribution in [1.82, 2.24) is 9.80 Å². The molecule has 3 rings (SSSR count). The lowest BCUT2D eigenvalue weighted by Crippen LogP contribution is -2.43. The predicted molar refractivity (Wildman–Crippen MR) is 105 cm³/mol. The molecular formula is C21H25FN2O2S. The summed E-state index contributed by atoms with van der Waals surface area (Å²) in [6.07, 6.45) is 2.35. The van der Waals surface area contributed by atoms with Gasteiger partial charge in [0.2, 0.25) is 11.8 Å². The van der Waals surface area contributed by atoms with E-state index in [1.165, 1.54) is 12.1 Å². The van der Waals surface area contributed by atoms with Gasteiger partial charge in [-0.2, -0.15) is 0 Å². The fraction of sp³-hybridized carbons (Fsp3) is 0.429. The SMILES string of the molecule is CCC(=O)N(CC(=O)N(Cc1ccc(F)cc1)Cc1sccc1C)C1CC1. The zero-order valence-corrected chi connectivity index (χ0v) is 16.6. The molecule has 0 radical (unpaired) electrons. The van der Waals surface area contributed by atoms with Crippen LogP contribution in [0.3, 0.4) is 0 Å².